The first-order valence-electron chi connectivity index (χ1n) is 8.45. The van der Waals surface area contributed by atoms with Crippen molar-refractivity contribution in [2.45, 2.75) is 26.0 Å². The van der Waals surface area contributed by atoms with Gasteiger partial charge in [0.25, 0.3) is 0 Å². The van der Waals surface area contributed by atoms with Crippen molar-refractivity contribution >= 4 is 17.6 Å². The molecule has 6 heteroatoms. The number of benzene rings is 2. The molecule has 0 aliphatic rings. The van der Waals surface area contributed by atoms with Gasteiger partial charge in [0.15, 0.2) is 0 Å². The van der Waals surface area contributed by atoms with E-state index in [0.717, 1.165) is 11.3 Å². The minimum Gasteiger partial charge on any atom is -0.489 e. The van der Waals surface area contributed by atoms with Gasteiger partial charge in [-0.1, -0.05) is 30.3 Å². The van der Waals surface area contributed by atoms with Crippen molar-refractivity contribution in [3.05, 3.63) is 60.2 Å². The number of likely N-dealkylation sites (N-methyl/N-ethyl adjacent to an activating group) is 1. The summed E-state index contributed by atoms with van der Waals surface area (Å²) < 4.78 is 5.72. The molecule has 2 N–H and O–H groups in total. The highest BCUT2D eigenvalue weighted by atomic mass is 16.5. The first-order valence-corrected chi connectivity index (χ1v) is 8.45. The number of aliphatic carboxylic acids is 1. The van der Waals surface area contributed by atoms with Crippen LogP contribution in [0.1, 0.15) is 18.9 Å². The van der Waals surface area contributed by atoms with E-state index in [2.05, 4.69) is 5.32 Å². The molecule has 0 bridgehead atoms. The van der Waals surface area contributed by atoms with Gasteiger partial charge in [-0.3, -0.25) is 14.5 Å². The van der Waals surface area contributed by atoms with Crippen LogP contribution in [-0.2, 0) is 16.2 Å². The molecule has 0 aliphatic carbocycles. The Morgan fingerprint density at radius 1 is 1.12 bits per heavy atom. The molecule has 0 spiro atoms. The van der Waals surface area contributed by atoms with Crippen LogP contribution in [0.4, 0.5) is 5.69 Å². The van der Waals surface area contributed by atoms with E-state index < -0.39 is 12.0 Å². The zero-order valence-corrected chi connectivity index (χ0v) is 15.0. The molecule has 6 nitrogen and oxygen atoms in total. The number of nitrogens with zero attached hydrogens (tertiary/aromatic N) is 1. The molecule has 1 amide bonds. The van der Waals surface area contributed by atoms with Crippen molar-refractivity contribution in [3.63, 3.8) is 0 Å². The predicted molar refractivity (Wildman–Crippen MR) is 100 cm³/mol. The van der Waals surface area contributed by atoms with Crippen LogP contribution < -0.4 is 10.1 Å². The third-order valence-corrected chi connectivity index (χ3v) is 4.09. The lowest BCUT2D eigenvalue weighted by molar-refractivity contribution is -0.137. The number of anilines is 1. The zero-order valence-electron chi connectivity index (χ0n) is 15.0. The molecule has 26 heavy (non-hydrogen) atoms. The Hall–Kier alpha value is -2.86. The van der Waals surface area contributed by atoms with Gasteiger partial charge in [0, 0.05) is 12.2 Å². The molecule has 0 aliphatic heterocycles. The second-order valence-corrected chi connectivity index (χ2v) is 6.09. The quantitative estimate of drug-likeness (QED) is 0.722. The summed E-state index contributed by atoms with van der Waals surface area (Å²) in [6.07, 6.45) is 0.00156. The van der Waals surface area contributed by atoms with E-state index in [-0.39, 0.29) is 12.3 Å². The fourth-order valence-electron chi connectivity index (χ4n) is 2.29. The summed E-state index contributed by atoms with van der Waals surface area (Å²) in [7, 11) is 1.73. The Balaban J connectivity index is 1.83. The van der Waals surface area contributed by atoms with Crippen molar-refractivity contribution in [3.8, 4) is 5.75 Å². The number of ether oxygens (including phenoxy) is 1. The predicted octanol–water partition coefficient (Wildman–Crippen LogP) is 3.00. The van der Waals surface area contributed by atoms with Gasteiger partial charge in [-0.15, -0.1) is 0 Å². The van der Waals surface area contributed by atoms with Crippen LogP contribution in [0.3, 0.4) is 0 Å². The Bertz CT molecular complexity index is 716. The van der Waals surface area contributed by atoms with Gasteiger partial charge in [-0.25, -0.2) is 0 Å². The lowest BCUT2D eigenvalue weighted by Crippen LogP contribution is -2.40. The number of carbonyl (C=O) groups excluding carboxylic acids is 1. The lowest BCUT2D eigenvalue weighted by atomic mass is 10.2. The van der Waals surface area contributed by atoms with E-state index in [1.807, 2.05) is 30.3 Å². The number of amides is 1. The molecule has 0 heterocycles. The van der Waals surface area contributed by atoms with Crippen molar-refractivity contribution in [2.75, 3.05) is 18.9 Å². The second-order valence-electron chi connectivity index (χ2n) is 6.09. The molecular weight excluding hydrogens is 332 g/mol. The molecule has 0 aromatic heterocycles. The number of carbonyl (C=O) groups is 2. The van der Waals surface area contributed by atoms with Crippen LogP contribution in [0.2, 0.25) is 0 Å². The van der Waals surface area contributed by atoms with Gasteiger partial charge in [0.2, 0.25) is 5.91 Å². The Morgan fingerprint density at radius 2 is 1.77 bits per heavy atom. The number of hydrogen-bond acceptors (Lipinski definition) is 4. The molecule has 0 radical (unpaired) electrons. The third-order valence-electron chi connectivity index (χ3n) is 4.09. The average Bonchev–Trinajstić information content (AvgIpc) is 2.65. The average molecular weight is 356 g/mol. The Morgan fingerprint density at radius 3 is 2.38 bits per heavy atom. The molecule has 0 fully saturated rings. The van der Waals surface area contributed by atoms with Crippen molar-refractivity contribution in [1.82, 2.24) is 4.90 Å². The van der Waals surface area contributed by atoms with Gasteiger partial charge in [-0.2, -0.15) is 0 Å². The summed E-state index contributed by atoms with van der Waals surface area (Å²) in [6, 6.07) is 16.6. The van der Waals surface area contributed by atoms with E-state index in [0.29, 0.717) is 18.8 Å². The Labute approximate surface area is 153 Å². The Kier molecular flexibility index (Phi) is 7.17. The molecule has 1 atom stereocenters. The number of nitrogens with one attached hydrogen (secondary N) is 1. The van der Waals surface area contributed by atoms with Crippen LogP contribution in [-0.4, -0.2) is 41.5 Å². The number of rotatable bonds is 9. The fraction of sp³-hybridized carbons (Fsp3) is 0.300. The van der Waals surface area contributed by atoms with Gasteiger partial charge in [-0.05, 0) is 43.8 Å². The molecular formula is C20H24N2O4. The highest BCUT2D eigenvalue weighted by Crippen LogP contribution is 2.17. The molecule has 138 valence electrons. The van der Waals surface area contributed by atoms with E-state index in [4.69, 9.17) is 9.84 Å². The topological polar surface area (TPSA) is 78.9 Å². The van der Waals surface area contributed by atoms with Gasteiger partial charge >= 0.3 is 5.97 Å². The van der Waals surface area contributed by atoms with Crippen LogP contribution >= 0.6 is 0 Å². The summed E-state index contributed by atoms with van der Waals surface area (Å²) in [5.74, 6) is -0.343. The monoisotopic (exact) mass is 356 g/mol. The summed E-state index contributed by atoms with van der Waals surface area (Å²) in [6.45, 7) is 2.54. The van der Waals surface area contributed by atoms with E-state index >= 15 is 0 Å². The summed E-state index contributed by atoms with van der Waals surface area (Å²) in [4.78, 5) is 24.6. The van der Waals surface area contributed by atoms with Crippen LogP contribution in [0.5, 0.6) is 5.75 Å². The third kappa shape index (κ3) is 6.22. The van der Waals surface area contributed by atoms with Crippen molar-refractivity contribution < 1.29 is 19.4 Å². The van der Waals surface area contributed by atoms with Crippen LogP contribution in [0.15, 0.2) is 54.6 Å². The number of carboxylic acids is 1. The fourth-order valence-corrected chi connectivity index (χ4v) is 2.29. The largest absolute Gasteiger partial charge is 0.489 e. The minimum atomic E-state index is -0.879. The molecule has 2 rings (SSSR count). The molecule has 2 aromatic carbocycles. The highest BCUT2D eigenvalue weighted by Gasteiger charge is 2.18. The van der Waals surface area contributed by atoms with Crippen LogP contribution in [0.25, 0.3) is 0 Å². The summed E-state index contributed by atoms with van der Waals surface area (Å²) >= 11 is 0. The standard InChI is InChI=1S/C20H24N2O4/c1-15(22(2)13-12-19(23)24)20(25)21-17-8-10-18(11-9-17)26-14-16-6-4-3-5-7-16/h3-11,15H,12-14H2,1-2H3,(H,21,25)(H,23,24). The molecule has 1 unspecified atom stereocenters. The first-order chi connectivity index (χ1) is 12.5. The van der Waals surface area contributed by atoms with E-state index in [1.54, 1.807) is 43.1 Å². The van der Waals surface area contributed by atoms with E-state index in [1.165, 1.54) is 0 Å². The van der Waals surface area contributed by atoms with E-state index in [9.17, 15) is 9.59 Å². The second kappa shape index (κ2) is 9.58. The maximum atomic E-state index is 12.3. The van der Waals surface area contributed by atoms with Gasteiger partial charge in [0.1, 0.15) is 12.4 Å². The zero-order chi connectivity index (χ0) is 18.9. The SMILES string of the molecule is CC(C(=O)Nc1ccc(OCc2ccccc2)cc1)N(C)CCC(=O)O. The summed E-state index contributed by atoms with van der Waals surface area (Å²) in [5, 5.41) is 11.5. The molecule has 0 saturated carbocycles. The van der Waals surface area contributed by atoms with Crippen molar-refractivity contribution in [2.24, 2.45) is 0 Å². The smallest absolute Gasteiger partial charge is 0.304 e. The van der Waals surface area contributed by atoms with Crippen molar-refractivity contribution in [1.29, 1.82) is 0 Å². The van der Waals surface area contributed by atoms with Crippen LogP contribution in [0, 0.1) is 0 Å². The molecule has 2 aromatic rings. The summed E-state index contributed by atoms with van der Waals surface area (Å²) in [5.41, 5.74) is 1.75. The van der Waals surface area contributed by atoms with Gasteiger partial charge in [0.05, 0.1) is 12.5 Å². The van der Waals surface area contributed by atoms with Gasteiger partial charge < -0.3 is 15.2 Å². The molecule has 0 saturated heterocycles. The number of hydrogen-bond donors (Lipinski definition) is 2. The normalized spacial score (nSPS) is 11.8. The minimum absolute atomic E-state index is 0.00156. The maximum Gasteiger partial charge on any atom is 0.304 e. The maximum absolute atomic E-state index is 12.3. The lowest BCUT2D eigenvalue weighted by Gasteiger charge is -2.23. The first kappa shape index (κ1) is 19.5. The highest BCUT2D eigenvalue weighted by molar-refractivity contribution is 5.94. The number of carboxylic acid groups (broad SMARTS) is 1.